The fourth-order valence-corrected chi connectivity index (χ4v) is 2.99. The number of nitrogens with zero attached hydrogens (tertiary/aromatic N) is 4. The van der Waals surface area contributed by atoms with Gasteiger partial charge in [0.1, 0.15) is 5.56 Å². The molecule has 1 aromatic carbocycles. The number of anilines is 1. The molecule has 0 aliphatic carbocycles. The fraction of sp³-hybridized carbons (Fsp3) is 0.353. The van der Waals surface area contributed by atoms with Gasteiger partial charge in [-0.2, -0.15) is 5.10 Å². The van der Waals surface area contributed by atoms with E-state index in [0.717, 1.165) is 5.69 Å². The average molecular weight is 357 g/mol. The van der Waals surface area contributed by atoms with Gasteiger partial charge in [-0.1, -0.05) is 0 Å². The highest BCUT2D eigenvalue weighted by molar-refractivity contribution is 5.95. The Morgan fingerprint density at radius 3 is 2.35 bits per heavy atom. The van der Waals surface area contributed by atoms with Crippen molar-refractivity contribution in [3.05, 3.63) is 61.6 Å². The Balaban J connectivity index is 1.71. The third-order valence-corrected chi connectivity index (χ3v) is 4.68. The second-order valence-electron chi connectivity index (χ2n) is 6.19. The van der Waals surface area contributed by atoms with Crippen molar-refractivity contribution in [1.82, 2.24) is 15.1 Å². The molecular formula is C17H19N5O4. The third-order valence-electron chi connectivity index (χ3n) is 4.68. The molecule has 1 fully saturated rings. The summed E-state index contributed by atoms with van der Waals surface area (Å²) < 4.78 is 0. The first-order valence-electron chi connectivity index (χ1n) is 8.23. The van der Waals surface area contributed by atoms with Crippen LogP contribution in [0.2, 0.25) is 0 Å². The highest BCUT2D eigenvalue weighted by Crippen LogP contribution is 2.21. The molecule has 0 unspecified atom stereocenters. The molecule has 1 aliphatic rings. The van der Waals surface area contributed by atoms with Crippen molar-refractivity contribution < 1.29 is 9.72 Å². The summed E-state index contributed by atoms with van der Waals surface area (Å²) in [6, 6.07) is 6.35. The van der Waals surface area contributed by atoms with Crippen molar-refractivity contribution in [2.45, 2.75) is 13.8 Å². The van der Waals surface area contributed by atoms with Crippen LogP contribution in [-0.2, 0) is 0 Å². The fourth-order valence-electron chi connectivity index (χ4n) is 2.99. The van der Waals surface area contributed by atoms with E-state index in [-0.39, 0.29) is 17.2 Å². The summed E-state index contributed by atoms with van der Waals surface area (Å²) in [4.78, 5) is 38.8. The van der Waals surface area contributed by atoms with Crippen molar-refractivity contribution in [2.24, 2.45) is 0 Å². The molecule has 1 N–H and O–H groups in total. The third kappa shape index (κ3) is 3.28. The molecule has 1 saturated heterocycles. The second-order valence-corrected chi connectivity index (χ2v) is 6.19. The molecule has 26 heavy (non-hydrogen) atoms. The standard InChI is InChI=1S/C17H19N5O4/c1-11-12(2)18-19-16(23)15(11)17(24)21-9-7-20(8-10-21)13-3-5-14(6-4-13)22(25)26/h3-6H,7-10H2,1-2H3,(H,19,23). The molecule has 3 rings (SSSR count). The quantitative estimate of drug-likeness (QED) is 0.654. The Morgan fingerprint density at radius 1 is 1.15 bits per heavy atom. The van der Waals surface area contributed by atoms with Crippen LogP contribution < -0.4 is 10.5 Å². The summed E-state index contributed by atoms with van der Waals surface area (Å²) in [5.74, 6) is -0.294. The topological polar surface area (TPSA) is 112 Å². The molecule has 0 bridgehead atoms. The van der Waals surface area contributed by atoms with Crippen molar-refractivity contribution in [3.63, 3.8) is 0 Å². The van der Waals surface area contributed by atoms with Crippen molar-refractivity contribution in [3.8, 4) is 0 Å². The zero-order valence-corrected chi connectivity index (χ0v) is 14.6. The number of nitro benzene ring substituents is 1. The molecule has 0 spiro atoms. The molecule has 0 radical (unpaired) electrons. The monoisotopic (exact) mass is 357 g/mol. The van der Waals surface area contributed by atoms with Gasteiger partial charge in [0.2, 0.25) is 0 Å². The molecule has 2 aromatic rings. The molecule has 9 heteroatoms. The molecule has 0 atom stereocenters. The zero-order chi connectivity index (χ0) is 18.8. The van der Waals surface area contributed by atoms with Crippen LogP contribution in [0.3, 0.4) is 0 Å². The molecule has 1 aromatic heterocycles. The summed E-state index contributed by atoms with van der Waals surface area (Å²) in [7, 11) is 0. The Morgan fingerprint density at radius 2 is 1.77 bits per heavy atom. The Kier molecular flexibility index (Phi) is 4.70. The lowest BCUT2D eigenvalue weighted by Gasteiger charge is -2.36. The minimum atomic E-state index is -0.476. The number of nitrogens with one attached hydrogen (secondary N) is 1. The average Bonchev–Trinajstić information content (AvgIpc) is 2.65. The van der Waals surface area contributed by atoms with Gasteiger partial charge < -0.3 is 9.80 Å². The number of piperazine rings is 1. The molecule has 2 heterocycles. The van der Waals surface area contributed by atoms with Crippen LogP contribution >= 0.6 is 0 Å². The molecule has 1 aliphatic heterocycles. The largest absolute Gasteiger partial charge is 0.368 e. The number of aryl methyl sites for hydroxylation is 1. The van der Waals surface area contributed by atoms with Gasteiger partial charge in [-0.25, -0.2) is 5.10 Å². The Bertz CT molecular complexity index is 898. The molecular weight excluding hydrogens is 338 g/mol. The smallest absolute Gasteiger partial charge is 0.277 e. The predicted molar refractivity (Wildman–Crippen MR) is 95.5 cm³/mol. The number of hydrogen-bond acceptors (Lipinski definition) is 6. The molecule has 0 saturated carbocycles. The number of carbonyl (C=O) groups excluding carboxylic acids is 1. The number of carbonyl (C=O) groups is 1. The maximum atomic E-state index is 12.7. The van der Waals surface area contributed by atoms with Gasteiger partial charge in [0.15, 0.2) is 0 Å². The number of non-ortho nitro benzene ring substituents is 1. The highest BCUT2D eigenvalue weighted by atomic mass is 16.6. The van der Waals surface area contributed by atoms with Crippen molar-refractivity contribution in [2.75, 3.05) is 31.1 Å². The van der Waals surface area contributed by atoms with Crippen LogP contribution in [0.4, 0.5) is 11.4 Å². The van der Waals surface area contributed by atoms with E-state index in [1.54, 1.807) is 30.9 Å². The van der Waals surface area contributed by atoms with Gasteiger partial charge in [-0.15, -0.1) is 0 Å². The zero-order valence-electron chi connectivity index (χ0n) is 14.6. The van der Waals surface area contributed by atoms with Gasteiger partial charge >= 0.3 is 0 Å². The maximum absolute atomic E-state index is 12.7. The molecule has 1 amide bonds. The van der Waals surface area contributed by atoms with E-state index in [0.29, 0.717) is 37.4 Å². The van der Waals surface area contributed by atoms with E-state index >= 15 is 0 Å². The lowest BCUT2D eigenvalue weighted by Crippen LogP contribution is -2.50. The number of aromatic nitrogens is 2. The van der Waals surface area contributed by atoms with Gasteiger partial charge in [-0.3, -0.25) is 19.7 Å². The van der Waals surface area contributed by atoms with Crippen LogP contribution in [0.5, 0.6) is 0 Å². The first kappa shape index (κ1) is 17.6. The second kappa shape index (κ2) is 6.95. The number of aromatic amines is 1. The SMILES string of the molecule is Cc1n[nH]c(=O)c(C(=O)N2CCN(c3ccc([N+](=O)[O-])cc3)CC2)c1C. The van der Waals surface area contributed by atoms with Gasteiger partial charge in [0.25, 0.3) is 17.2 Å². The summed E-state index contributed by atoms with van der Waals surface area (Å²) in [5, 5.41) is 17.0. The number of rotatable bonds is 3. The highest BCUT2D eigenvalue weighted by Gasteiger charge is 2.26. The van der Waals surface area contributed by atoms with Crippen LogP contribution in [-0.4, -0.2) is 52.1 Å². The van der Waals surface area contributed by atoms with Crippen LogP contribution in [0.15, 0.2) is 29.1 Å². The summed E-state index contributed by atoms with van der Waals surface area (Å²) in [5.41, 5.74) is 1.80. The lowest BCUT2D eigenvalue weighted by molar-refractivity contribution is -0.384. The minimum absolute atomic E-state index is 0.0466. The predicted octanol–water partition coefficient (Wildman–Crippen LogP) is 1.26. The lowest BCUT2D eigenvalue weighted by atomic mass is 10.1. The van der Waals surface area contributed by atoms with Crippen molar-refractivity contribution >= 4 is 17.3 Å². The van der Waals surface area contributed by atoms with Crippen LogP contribution in [0.25, 0.3) is 0 Å². The Labute approximate surface area is 149 Å². The van der Waals surface area contributed by atoms with E-state index < -0.39 is 10.5 Å². The normalized spacial score (nSPS) is 14.4. The number of nitro groups is 1. The van der Waals surface area contributed by atoms with E-state index in [9.17, 15) is 19.7 Å². The van der Waals surface area contributed by atoms with Crippen LogP contribution in [0.1, 0.15) is 21.6 Å². The molecule has 136 valence electrons. The maximum Gasteiger partial charge on any atom is 0.277 e. The summed E-state index contributed by atoms with van der Waals surface area (Å²) >= 11 is 0. The first-order chi connectivity index (χ1) is 12.4. The Hall–Kier alpha value is -3.23. The van der Waals surface area contributed by atoms with Gasteiger partial charge in [-0.05, 0) is 31.5 Å². The molecule has 9 nitrogen and oxygen atoms in total. The number of H-pyrrole nitrogens is 1. The van der Waals surface area contributed by atoms with Crippen molar-refractivity contribution in [1.29, 1.82) is 0 Å². The van der Waals surface area contributed by atoms with E-state index in [1.807, 2.05) is 0 Å². The van der Waals surface area contributed by atoms with Gasteiger partial charge in [0.05, 0.1) is 10.6 Å². The van der Waals surface area contributed by atoms with Gasteiger partial charge in [0, 0.05) is 44.0 Å². The number of benzene rings is 1. The van der Waals surface area contributed by atoms with E-state index in [1.165, 1.54) is 12.1 Å². The van der Waals surface area contributed by atoms with E-state index in [2.05, 4.69) is 15.1 Å². The summed E-state index contributed by atoms with van der Waals surface area (Å²) in [6.45, 7) is 5.58. The number of amides is 1. The first-order valence-corrected chi connectivity index (χ1v) is 8.23. The number of hydrogen-bond donors (Lipinski definition) is 1. The van der Waals surface area contributed by atoms with Crippen LogP contribution in [0, 0.1) is 24.0 Å². The van der Waals surface area contributed by atoms with E-state index in [4.69, 9.17) is 0 Å². The summed E-state index contributed by atoms with van der Waals surface area (Å²) in [6.07, 6.45) is 0. The minimum Gasteiger partial charge on any atom is -0.368 e.